The monoisotopic (exact) mass is 477 g/mol. The Balaban J connectivity index is 1.78. The van der Waals surface area contributed by atoms with Crippen LogP contribution in [0, 0.1) is 0 Å². The van der Waals surface area contributed by atoms with Crippen molar-refractivity contribution in [2.24, 2.45) is 0 Å². The van der Waals surface area contributed by atoms with Gasteiger partial charge in [-0.25, -0.2) is 4.79 Å². The van der Waals surface area contributed by atoms with E-state index < -0.39 is 5.97 Å². The molecule has 0 atom stereocenters. The first-order valence-corrected chi connectivity index (χ1v) is 11.4. The quantitative estimate of drug-likeness (QED) is 0.351. The predicted octanol–water partition coefficient (Wildman–Crippen LogP) is 4.77. The minimum atomic E-state index is -0.392. The Morgan fingerprint density at radius 1 is 0.941 bits per heavy atom. The molecule has 176 valence electrons. The van der Waals surface area contributed by atoms with Gasteiger partial charge in [-0.1, -0.05) is 6.92 Å². The van der Waals surface area contributed by atoms with Crippen LogP contribution in [0.1, 0.15) is 46.5 Å². The second kappa shape index (κ2) is 12.5. The van der Waals surface area contributed by atoms with Gasteiger partial charge in [0.1, 0.15) is 5.75 Å². The zero-order valence-electron chi connectivity index (χ0n) is 19.2. The Bertz CT molecular complexity index is 1100. The van der Waals surface area contributed by atoms with Gasteiger partial charge in [0.05, 0.1) is 25.3 Å². The van der Waals surface area contributed by atoms with E-state index in [1.807, 2.05) is 19.1 Å². The van der Waals surface area contributed by atoms with Crippen LogP contribution in [0.5, 0.6) is 5.75 Å². The average molecular weight is 478 g/mol. The molecule has 0 saturated carbocycles. The number of carbonyl (C=O) groups excluding carboxylic acids is 2. The zero-order chi connectivity index (χ0) is 24.3. The van der Waals surface area contributed by atoms with E-state index in [4.69, 9.17) is 21.7 Å². The van der Waals surface area contributed by atoms with Crippen LogP contribution in [0.4, 0.5) is 5.69 Å². The third kappa shape index (κ3) is 6.86. The molecule has 0 radical (unpaired) electrons. The zero-order valence-corrected chi connectivity index (χ0v) is 20.0. The van der Waals surface area contributed by atoms with Crippen LogP contribution in [-0.4, -0.2) is 35.2 Å². The summed E-state index contributed by atoms with van der Waals surface area (Å²) in [6.07, 6.45) is 4.30. The highest BCUT2D eigenvalue weighted by Crippen LogP contribution is 2.20. The molecule has 1 aromatic heterocycles. The van der Waals surface area contributed by atoms with Gasteiger partial charge in [0, 0.05) is 23.6 Å². The number of rotatable bonds is 9. The van der Waals surface area contributed by atoms with Gasteiger partial charge in [-0.15, -0.1) is 0 Å². The summed E-state index contributed by atoms with van der Waals surface area (Å²) < 4.78 is 10.6. The number of ether oxygens (including phenoxy) is 2. The van der Waals surface area contributed by atoms with E-state index >= 15 is 0 Å². The fourth-order valence-electron chi connectivity index (χ4n) is 3.10. The van der Waals surface area contributed by atoms with Crippen molar-refractivity contribution >= 4 is 34.9 Å². The lowest BCUT2D eigenvalue weighted by Crippen LogP contribution is -2.42. The molecule has 3 aromatic rings. The number of hydrogen-bond acceptors (Lipinski definition) is 6. The number of anilines is 1. The first-order chi connectivity index (χ1) is 16.5. The molecule has 34 heavy (non-hydrogen) atoms. The summed E-state index contributed by atoms with van der Waals surface area (Å²) in [5.41, 5.74) is 2.58. The highest BCUT2D eigenvalue weighted by atomic mass is 32.1. The topological polar surface area (TPSA) is 80.8 Å². The van der Waals surface area contributed by atoms with Crippen molar-refractivity contribution in [3.05, 3.63) is 89.7 Å². The first-order valence-electron chi connectivity index (χ1n) is 11.0. The predicted molar refractivity (Wildman–Crippen MR) is 135 cm³/mol. The highest BCUT2D eigenvalue weighted by molar-refractivity contribution is 7.80. The van der Waals surface area contributed by atoms with Crippen LogP contribution in [0.2, 0.25) is 0 Å². The largest absolute Gasteiger partial charge is 0.494 e. The van der Waals surface area contributed by atoms with Crippen molar-refractivity contribution in [3.8, 4) is 5.75 Å². The molecule has 2 aromatic carbocycles. The van der Waals surface area contributed by atoms with Gasteiger partial charge in [-0.3, -0.25) is 15.1 Å². The summed E-state index contributed by atoms with van der Waals surface area (Å²) in [6.45, 7) is 5.12. The van der Waals surface area contributed by atoms with E-state index in [2.05, 4.69) is 10.3 Å². The van der Waals surface area contributed by atoms with Crippen LogP contribution in [0.15, 0.2) is 73.1 Å². The second-order valence-electron chi connectivity index (χ2n) is 7.34. The van der Waals surface area contributed by atoms with Gasteiger partial charge < -0.3 is 14.4 Å². The molecule has 1 N–H and O–H groups in total. The standard InChI is InChI=1S/C26H27N3O4S/c1-3-17-33-23-11-7-20(8-12-23)24(30)28-26(34)29(18-19-13-15-27-16-14-19)22-9-5-21(6-10-22)25(31)32-4-2/h5-16H,3-4,17-18H2,1-2H3,(H,28,30,34). The lowest BCUT2D eigenvalue weighted by atomic mass is 10.1. The Hall–Kier alpha value is -3.78. The summed E-state index contributed by atoms with van der Waals surface area (Å²) in [6, 6.07) is 17.6. The van der Waals surface area contributed by atoms with Crippen molar-refractivity contribution in [2.45, 2.75) is 26.8 Å². The fourth-order valence-corrected chi connectivity index (χ4v) is 3.36. The minimum Gasteiger partial charge on any atom is -0.494 e. The van der Waals surface area contributed by atoms with Crippen LogP contribution in [0.25, 0.3) is 0 Å². The van der Waals surface area contributed by atoms with E-state index in [9.17, 15) is 9.59 Å². The van der Waals surface area contributed by atoms with Crippen molar-refractivity contribution in [1.82, 2.24) is 10.3 Å². The number of esters is 1. The van der Waals surface area contributed by atoms with Crippen molar-refractivity contribution in [3.63, 3.8) is 0 Å². The van der Waals surface area contributed by atoms with E-state index in [1.54, 1.807) is 72.7 Å². The maximum absolute atomic E-state index is 12.8. The Morgan fingerprint density at radius 2 is 1.59 bits per heavy atom. The van der Waals surface area contributed by atoms with Gasteiger partial charge in [-0.2, -0.15) is 0 Å². The molecule has 1 amide bonds. The average Bonchev–Trinajstić information content (AvgIpc) is 2.87. The summed E-state index contributed by atoms with van der Waals surface area (Å²) in [7, 11) is 0. The lowest BCUT2D eigenvalue weighted by molar-refractivity contribution is 0.0526. The summed E-state index contributed by atoms with van der Waals surface area (Å²) in [4.78, 5) is 30.7. The van der Waals surface area contributed by atoms with Crippen LogP contribution >= 0.6 is 12.2 Å². The van der Waals surface area contributed by atoms with Gasteiger partial charge in [0.25, 0.3) is 5.91 Å². The van der Waals surface area contributed by atoms with Crippen molar-refractivity contribution < 1.29 is 19.1 Å². The minimum absolute atomic E-state index is 0.233. The number of amides is 1. The summed E-state index contributed by atoms with van der Waals surface area (Å²) in [5.74, 6) is -0.00568. The van der Waals surface area contributed by atoms with E-state index in [-0.39, 0.29) is 11.0 Å². The van der Waals surface area contributed by atoms with Gasteiger partial charge in [0.15, 0.2) is 5.11 Å². The molecule has 3 rings (SSSR count). The van der Waals surface area contributed by atoms with E-state index in [0.29, 0.717) is 36.6 Å². The maximum atomic E-state index is 12.8. The number of benzene rings is 2. The fraction of sp³-hybridized carbons (Fsp3) is 0.231. The molecule has 0 bridgehead atoms. The van der Waals surface area contributed by atoms with Gasteiger partial charge >= 0.3 is 5.97 Å². The number of nitrogens with zero attached hydrogens (tertiary/aromatic N) is 2. The normalized spacial score (nSPS) is 10.3. The number of pyridine rings is 1. The molecular formula is C26H27N3O4S. The molecular weight excluding hydrogens is 450 g/mol. The third-order valence-corrected chi connectivity index (χ3v) is 5.16. The first kappa shape index (κ1) is 24.9. The third-order valence-electron chi connectivity index (χ3n) is 4.84. The molecule has 0 aliphatic heterocycles. The number of aromatic nitrogens is 1. The molecule has 0 aliphatic carbocycles. The molecule has 0 unspecified atom stereocenters. The van der Waals surface area contributed by atoms with Gasteiger partial charge in [0.2, 0.25) is 0 Å². The molecule has 8 heteroatoms. The van der Waals surface area contributed by atoms with Crippen molar-refractivity contribution in [1.29, 1.82) is 0 Å². The highest BCUT2D eigenvalue weighted by Gasteiger charge is 2.17. The molecule has 1 heterocycles. The second-order valence-corrected chi connectivity index (χ2v) is 7.73. The Morgan fingerprint density at radius 3 is 2.21 bits per heavy atom. The van der Waals surface area contributed by atoms with E-state index in [0.717, 1.165) is 17.7 Å². The smallest absolute Gasteiger partial charge is 0.338 e. The summed E-state index contributed by atoms with van der Waals surface area (Å²) >= 11 is 5.60. The molecule has 7 nitrogen and oxygen atoms in total. The van der Waals surface area contributed by atoms with Crippen molar-refractivity contribution in [2.75, 3.05) is 18.1 Å². The number of thiocarbonyl (C=S) groups is 1. The lowest BCUT2D eigenvalue weighted by Gasteiger charge is -2.26. The molecule has 0 fully saturated rings. The van der Waals surface area contributed by atoms with Gasteiger partial charge in [-0.05, 0) is 91.8 Å². The molecule has 0 aliphatic rings. The number of carbonyl (C=O) groups is 2. The van der Waals surface area contributed by atoms with Crippen LogP contribution < -0.4 is 15.0 Å². The Labute approximate surface area is 204 Å². The number of hydrogen-bond donors (Lipinski definition) is 1. The summed E-state index contributed by atoms with van der Waals surface area (Å²) in [5, 5.41) is 3.04. The molecule has 0 saturated heterocycles. The SMILES string of the molecule is CCCOc1ccc(C(=O)NC(=S)N(Cc2ccncc2)c2ccc(C(=O)OCC)cc2)cc1. The van der Waals surface area contributed by atoms with E-state index in [1.165, 1.54) is 0 Å². The Kier molecular flexibility index (Phi) is 9.11. The number of nitrogens with one attached hydrogen (secondary N) is 1. The maximum Gasteiger partial charge on any atom is 0.338 e. The van der Waals surface area contributed by atoms with Crippen LogP contribution in [-0.2, 0) is 11.3 Å². The van der Waals surface area contributed by atoms with Crippen LogP contribution in [0.3, 0.4) is 0 Å². The molecule has 0 spiro atoms.